The molecule has 1 fully saturated rings. The molecular formula is C23H29N3O3. The highest BCUT2D eigenvalue weighted by Gasteiger charge is 2.26. The minimum atomic E-state index is -0.191. The number of carbonyl (C=O) groups excluding carboxylic acids is 1. The van der Waals surface area contributed by atoms with Crippen LogP contribution in [-0.4, -0.2) is 56.2 Å². The van der Waals surface area contributed by atoms with Crippen LogP contribution in [0.15, 0.2) is 36.4 Å². The number of rotatable bonds is 4. The number of piperazine rings is 1. The smallest absolute Gasteiger partial charge is 0.241 e. The average molecular weight is 396 g/mol. The fraction of sp³-hybridized carbons (Fsp3) is 0.435. The number of nitrogens with one attached hydrogen (secondary N) is 1. The molecule has 2 heterocycles. The highest BCUT2D eigenvalue weighted by molar-refractivity contribution is 5.94. The van der Waals surface area contributed by atoms with E-state index in [1.54, 1.807) is 0 Å². The highest BCUT2D eigenvalue weighted by Crippen LogP contribution is 2.32. The zero-order valence-corrected chi connectivity index (χ0v) is 17.4. The predicted molar refractivity (Wildman–Crippen MR) is 115 cm³/mol. The first-order valence-electron chi connectivity index (χ1n) is 10.3. The maximum atomic E-state index is 12.8. The van der Waals surface area contributed by atoms with Gasteiger partial charge in [0, 0.05) is 43.6 Å². The molecule has 2 aliphatic heterocycles. The van der Waals surface area contributed by atoms with Crippen LogP contribution in [0.1, 0.15) is 18.1 Å². The second-order valence-corrected chi connectivity index (χ2v) is 7.77. The molecule has 154 valence electrons. The molecule has 1 N–H and O–H groups in total. The molecule has 0 aliphatic carbocycles. The zero-order valence-electron chi connectivity index (χ0n) is 17.4. The molecule has 1 saturated heterocycles. The lowest BCUT2D eigenvalue weighted by Crippen LogP contribution is -2.53. The van der Waals surface area contributed by atoms with Gasteiger partial charge >= 0.3 is 0 Å². The van der Waals surface area contributed by atoms with E-state index >= 15 is 0 Å². The number of ether oxygens (including phenoxy) is 2. The van der Waals surface area contributed by atoms with Crippen molar-refractivity contribution in [3.63, 3.8) is 0 Å². The van der Waals surface area contributed by atoms with E-state index in [2.05, 4.69) is 47.2 Å². The Labute approximate surface area is 172 Å². The first-order chi connectivity index (χ1) is 14.0. The molecule has 2 aromatic rings. The van der Waals surface area contributed by atoms with Gasteiger partial charge in [-0.3, -0.25) is 9.69 Å². The Kier molecular flexibility index (Phi) is 5.62. The van der Waals surface area contributed by atoms with Crippen LogP contribution in [0.25, 0.3) is 0 Å². The number of carbonyl (C=O) groups is 1. The van der Waals surface area contributed by atoms with Crippen molar-refractivity contribution in [2.24, 2.45) is 0 Å². The van der Waals surface area contributed by atoms with Crippen LogP contribution in [0, 0.1) is 13.8 Å². The molecule has 0 bridgehead atoms. The minimum Gasteiger partial charge on any atom is -0.486 e. The molecule has 4 rings (SSSR count). The van der Waals surface area contributed by atoms with E-state index in [4.69, 9.17) is 9.47 Å². The summed E-state index contributed by atoms with van der Waals surface area (Å²) in [5.74, 6) is 1.41. The summed E-state index contributed by atoms with van der Waals surface area (Å²) in [6.07, 6.45) is 0. The van der Waals surface area contributed by atoms with Crippen LogP contribution >= 0.6 is 0 Å². The zero-order chi connectivity index (χ0) is 20.4. The van der Waals surface area contributed by atoms with Crippen LogP contribution in [0.5, 0.6) is 11.5 Å². The second-order valence-electron chi connectivity index (χ2n) is 7.77. The second kappa shape index (κ2) is 8.33. The van der Waals surface area contributed by atoms with E-state index in [1.165, 1.54) is 16.8 Å². The van der Waals surface area contributed by atoms with Gasteiger partial charge in [-0.2, -0.15) is 0 Å². The highest BCUT2D eigenvalue weighted by atomic mass is 16.6. The van der Waals surface area contributed by atoms with Crippen LogP contribution in [0.2, 0.25) is 0 Å². The van der Waals surface area contributed by atoms with Gasteiger partial charge in [0.2, 0.25) is 5.91 Å². The lowest BCUT2D eigenvalue weighted by Gasteiger charge is -2.39. The van der Waals surface area contributed by atoms with Gasteiger partial charge < -0.3 is 19.7 Å². The summed E-state index contributed by atoms with van der Waals surface area (Å²) in [7, 11) is 0. The first-order valence-corrected chi connectivity index (χ1v) is 10.3. The molecule has 0 radical (unpaired) electrons. The van der Waals surface area contributed by atoms with Gasteiger partial charge in [0.1, 0.15) is 13.2 Å². The first kappa shape index (κ1) is 19.6. The molecule has 0 aromatic heterocycles. The van der Waals surface area contributed by atoms with Crippen molar-refractivity contribution in [2.45, 2.75) is 26.8 Å². The molecule has 1 amide bonds. The van der Waals surface area contributed by atoms with Crippen molar-refractivity contribution in [1.29, 1.82) is 0 Å². The van der Waals surface area contributed by atoms with Gasteiger partial charge in [0.05, 0.1) is 6.04 Å². The summed E-state index contributed by atoms with van der Waals surface area (Å²) in [5, 5.41) is 3.02. The van der Waals surface area contributed by atoms with E-state index in [0.29, 0.717) is 19.0 Å². The number of hydrogen-bond acceptors (Lipinski definition) is 5. The summed E-state index contributed by atoms with van der Waals surface area (Å²) in [6, 6.07) is 11.8. The number of aryl methyl sites for hydroxylation is 1. The van der Waals surface area contributed by atoms with Gasteiger partial charge in [-0.05, 0) is 50.1 Å². The third-order valence-corrected chi connectivity index (χ3v) is 5.97. The number of fused-ring (bicyclic) bond motifs is 1. The minimum absolute atomic E-state index is 0.00173. The van der Waals surface area contributed by atoms with Gasteiger partial charge in [0.15, 0.2) is 11.5 Å². The van der Waals surface area contributed by atoms with E-state index < -0.39 is 0 Å². The molecular weight excluding hydrogens is 366 g/mol. The van der Waals surface area contributed by atoms with Crippen LogP contribution in [-0.2, 0) is 4.79 Å². The van der Waals surface area contributed by atoms with Crippen molar-refractivity contribution < 1.29 is 14.3 Å². The van der Waals surface area contributed by atoms with Crippen LogP contribution in [0.3, 0.4) is 0 Å². The fourth-order valence-corrected chi connectivity index (χ4v) is 3.96. The normalized spacial score (nSPS) is 17.7. The molecule has 29 heavy (non-hydrogen) atoms. The molecule has 2 aromatic carbocycles. The Morgan fingerprint density at radius 3 is 2.48 bits per heavy atom. The SMILES string of the molecule is Cc1cccc(N2CCN(C(C)C(=O)Nc3ccc4c(c3)OCCO4)CC2)c1C. The maximum Gasteiger partial charge on any atom is 0.241 e. The standard InChI is InChI=1S/C23H29N3O3/c1-16-5-4-6-20(17(16)2)26-11-9-25(10-12-26)18(3)23(27)24-19-7-8-21-22(15-19)29-14-13-28-21/h4-8,15,18H,9-14H2,1-3H3,(H,24,27). The summed E-state index contributed by atoms with van der Waals surface area (Å²) in [5.41, 5.74) is 4.70. The Bertz CT molecular complexity index is 891. The molecule has 2 aliphatic rings. The monoisotopic (exact) mass is 395 g/mol. The Hall–Kier alpha value is -2.73. The van der Waals surface area contributed by atoms with Crippen molar-refractivity contribution in [3.8, 4) is 11.5 Å². The van der Waals surface area contributed by atoms with Gasteiger partial charge in [-0.1, -0.05) is 12.1 Å². The topological polar surface area (TPSA) is 54.0 Å². The number of nitrogens with zero attached hydrogens (tertiary/aromatic N) is 2. The van der Waals surface area contributed by atoms with Crippen LogP contribution in [0.4, 0.5) is 11.4 Å². The predicted octanol–water partition coefficient (Wildman–Crippen LogP) is 3.22. The van der Waals surface area contributed by atoms with Crippen molar-refractivity contribution in [2.75, 3.05) is 49.6 Å². The maximum absolute atomic E-state index is 12.8. The van der Waals surface area contributed by atoms with Crippen molar-refractivity contribution in [1.82, 2.24) is 4.90 Å². The average Bonchev–Trinajstić information content (AvgIpc) is 2.75. The molecule has 6 heteroatoms. The molecule has 0 spiro atoms. The summed E-state index contributed by atoms with van der Waals surface area (Å²) < 4.78 is 11.1. The lowest BCUT2D eigenvalue weighted by molar-refractivity contribution is -0.120. The van der Waals surface area contributed by atoms with E-state index in [1.807, 2.05) is 25.1 Å². The molecule has 1 unspecified atom stereocenters. The number of amides is 1. The van der Waals surface area contributed by atoms with Crippen LogP contribution < -0.4 is 19.7 Å². The van der Waals surface area contributed by atoms with Crippen molar-refractivity contribution in [3.05, 3.63) is 47.5 Å². The van der Waals surface area contributed by atoms with E-state index in [0.717, 1.165) is 37.6 Å². The molecule has 6 nitrogen and oxygen atoms in total. The summed E-state index contributed by atoms with van der Waals surface area (Å²) in [6.45, 7) is 11.0. The van der Waals surface area contributed by atoms with Gasteiger partial charge in [-0.25, -0.2) is 0 Å². The van der Waals surface area contributed by atoms with Gasteiger partial charge in [0.25, 0.3) is 0 Å². The molecule has 1 atom stereocenters. The quantitative estimate of drug-likeness (QED) is 0.862. The Morgan fingerprint density at radius 1 is 1.00 bits per heavy atom. The fourth-order valence-electron chi connectivity index (χ4n) is 3.96. The summed E-state index contributed by atoms with van der Waals surface area (Å²) in [4.78, 5) is 17.5. The Balaban J connectivity index is 1.35. The largest absolute Gasteiger partial charge is 0.486 e. The Morgan fingerprint density at radius 2 is 1.72 bits per heavy atom. The lowest BCUT2D eigenvalue weighted by atomic mass is 10.1. The number of hydrogen-bond donors (Lipinski definition) is 1. The molecule has 0 saturated carbocycles. The van der Waals surface area contributed by atoms with Gasteiger partial charge in [-0.15, -0.1) is 0 Å². The number of anilines is 2. The van der Waals surface area contributed by atoms with E-state index in [9.17, 15) is 4.79 Å². The summed E-state index contributed by atoms with van der Waals surface area (Å²) >= 11 is 0. The van der Waals surface area contributed by atoms with Crippen molar-refractivity contribution >= 4 is 17.3 Å². The number of benzene rings is 2. The third-order valence-electron chi connectivity index (χ3n) is 5.97. The third kappa shape index (κ3) is 4.17. The van der Waals surface area contributed by atoms with E-state index in [-0.39, 0.29) is 11.9 Å².